The summed E-state index contributed by atoms with van der Waals surface area (Å²) in [5, 5.41) is 10.6. The molecule has 0 atom stereocenters. The van der Waals surface area contributed by atoms with Crippen molar-refractivity contribution >= 4 is 19.2 Å². The zero-order chi connectivity index (χ0) is 32.2. The average Bonchev–Trinajstić information content (AvgIpc) is 3.44. The molecule has 5 rings (SSSR count). The van der Waals surface area contributed by atoms with Crippen molar-refractivity contribution in [3.8, 4) is 17.2 Å². The molecule has 0 fully saturated rings. The highest BCUT2D eigenvalue weighted by Gasteiger charge is 2.47. The van der Waals surface area contributed by atoms with Crippen LogP contribution in [-0.4, -0.2) is 36.7 Å². The Morgan fingerprint density at radius 2 is 1.31 bits per heavy atom. The minimum absolute atomic E-state index is 0.0639. The minimum Gasteiger partial charge on any atom is -0.508 e. The zero-order valence-corrected chi connectivity index (χ0v) is 26.7. The van der Waals surface area contributed by atoms with Crippen molar-refractivity contribution in [2.75, 3.05) is 6.54 Å². The maximum atomic E-state index is 14.0. The first kappa shape index (κ1) is 32.2. The van der Waals surface area contributed by atoms with Crippen LogP contribution in [0.3, 0.4) is 0 Å². The number of benzene rings is 4. The normalized spacial score (nSPS) is 13.9. The van der Waals surface area contributed by atoms with Crippen LogP contribution in [-0.2, 0) is 23.5 Å². The van der Waals surface area contributed by atoms with Crippen molar-refractivity contribution in [3.05, 3.63) is 119 Å². The molecule has 236 valence electrons. The van der Waals surface area contributed by atoms with Gasteiger partial charge in [0.05, 0.1) is 8.07 Å². The van der Waals surface area contributed by atoms with Gasteiger partial charge in [-0.3, -0.25) is 4.79 Å². The molecule has 0 saturated heterocycles. The number of carbonyl (C=O) groups is 1. The van der Waals surface area contributed by atoms with E-state index in [4.69, 9.17) is 9.47 Å². The van der Waals surface area contributed by atoms with Crippen molar-refractivity contribution in [3.63, 3.8) is 0 Å². The van der Waals surface area contributed by atoms with E-state index in [1.165, 1.54) is 12.1 Å². The van der Waals surface area contributed by atoms with Crippen LogP contribution in [0.5, 0.6) is 17.2 Å². The van der Waals surface area contributed by atoms with Gasteiger partial charge in [-0.2, -0.15) is 13.2 Å². The van der Waals surface area contributed by atoms with Crippen molar-refractivity contribution < 1.29 is 32.5 Å². The highest BCUT2D eigenvalue weighted by molar-refractivity contribution is 6.92. The van der Waals surface area contributed by atoms with E-state index >= 15 is 0 Å². The summed E-state index contributed by atoms with van der Waals surface area (Å²) in [5.74, 6) is -2.15. The first-order valence-electron chi connectivity index (χ1n) is 15.4. The maximum Gasteiger partial charge on any atom is 0.471 e. The van der Waals surface area contributed by atoms with Crippen LogP contribution in [0.25, 0.3) is 0 Å². The molecule has 1 aliphatic rings. The molecule has 0 aliphatic carbocycles. The Labute approximate surface area is 263 Å². The largest absolute Gasteiger partial charge is 0.508 e. The van der Waals surface area contributed by atoms with E-state index in [1.54, 1.807) is 18.2 Å². The number of nitrogens with zero attached hydrogens (tertiary/aromatic N) is 1. The SMILES string of the molecule is CC[Si](CC)(CC)c1cc2c(cc1CN(CCc1ccc(O)cc1)C(=O)C(F)(F)F)OC(c1ccccc1)(c1ccccc1)O2. The number of alkyl halides is 3. The summed E-state index contributed by atoms with van der Waals surface area (Å²) in [7, 11) is -2.21. The van der Waals surface area contributed by atoms with Gasteiger partial charge in [0.25, 0.3) is 0 Å². The number of hydrogen-bond donors (Lipinski definition) is 1. The number of rotatable bonds is 11. The molecule has 0 radical (unpaired) electrons. The van der Waals surface area contributed by atoms with Crippen LogP contribution in [0, 0.1) is 0 Å². The van der Waals surface area contributed by atoms with Crippen molar-refractivity contribution in [1.82, 2.24) is 4.90 Å². The Bertz CT molecular complexity index is 1560. The van der Waals surface area contributed by atoms with Crippen molar-refractivity contribution in [2.45, 2.75) is 63.8 Å². The summed E-state index contributed by atoms with van der Waals surface area (Å²) in [6, 6.07) is 31.8. The van der Waals surface area contributed by atoms with Crippen LogP contribution >= 0.6 is 0 Å². The summed E-state index contributed by atoms with van der Waals surface area (Å²) >= 11 is 0. The number of ether oxygens (including phenoxy) is 2. The third-order valence-electron chi connectivity index (χ3n) is 9.08. The number of amides is 1. The number of phenols is 1. The van der Waals surface area contributed by atoms with Gasteiger partial charge in [-0.25, -0.2) is 0 Å². The molecule has 45 heavy (non-hydrogen) atoms. The summed E-state index contributed by atoms with van der Waals surface area (Å²) in [6.45, 7) is 6.04. The second-order valence-electron chi connectivity index (χ2n) is 11.5. The third kappa shape index (κ3) is 6.45. The van der Waals surface area contributed by atoms with Gasteiger partial charge in [0.15, 0.2) is 11.5 Å². The second kappa shape index (κ2) is 13.0. The zero-order valence-electron chi connectivity index (χ0n) is 25.7. The smallest absolute Gasteiger partial charge is 0.471 e. The molecule has 4 aromatic rings. The molecule has 4 aromatic carbocycles. The highest BCUT2D eigenvalue weighted by Crippen LogP contribution is 2.48. The number of carbonyl (C=O) groups excluding carboxylic acids is 1. The van der Waals surface area contributed by atoms with E-state index in [0.717, 1.165) is 39.3 Å². The molecule has 5 nitrogen and oxygen atoms in total. The molecule has 0 bridgehead atoms. The number of aromatic hydroxyl groups is 1. The average molecular weight is 634 g/mol. The molecule has 1 heterocycles. The number of halogens is 3. The van der Waals surface area contributed by atoms with Gasteiger partial charge in [-0.1, -0.05) is 117 Å². The number of phenolic OH excluding ortho intramolecular Hbond substituents is 1. The number of hydrogen-bond acceptors (Lipinski definition) is 4. The van der Waals surface area contributed by atoms with E-state index in [0.29, 0.717) is 22.6 Å². The lowest BCUT2D eigenvalue weighted by atomic mass is 9.97. The molecular formula is C36H38F3NO4Si. The summed E-state index contributed by atoms with van der Waals surface area (Å²) < 4.78 is 55.3. The third-order valence-corrected chi connectivity index (χ3v) is 14.8. The fourth-order valence-corrected chi connectivity index (χ4v) is 10.2. The molecule has 9 heteroatoms. The molecule has 1 amide bonds. The molecule has 0 spiro atoms. The first-order valence-corrected chi connectivity index (χ1v) is 18.0. The van der Waals surface area contributed by atoms with Gasteiger partial charge in [0.1, 0.15) is 5.75 Å². The maximum absolute atomic E-state index is 14.0. The van der Waals surface area contributed by atoms with Crippen LogP contribution in [0.15, 0.2) is 97.1 Å². The van der Waals surface area contributed by atoms with Gasteiger partial charge < -0.3 is 19.5 Å². The minimum atomic E-state index is -5.03. The van der Waals surface area contributed by atoms with Gasteiger partial charge in [-0.05, 0) is 41.8 Å². The lowest BCUT2D eigenvalue weighted by molar-refractivity contribution is -0.186. The van der Waals surface area contributed by atoms with Crippen molar-refractivity contribution in [1.29, 1.82) is 0 Å². The monoisotopic (exact) mass is 633 g/mol. The fourth-order valence-electron chi connectivity index (χ4n) is 6.32. The van der Waals surface area contributed by atoms with Crippen molar-refractivity contribution in [2.24, 2.45) is 0 Å². The molecule has 0 unspecified atom stereocenters. The van der Waals surface area contributed by atoms with E-state index in [2.05, 4.69) is 20.8 Å². The summed E-state index contributed by atoms with van der Waals surface area (Å²) in [6.07, 6.45) is -4.83. The van der Waals surface area contributed by atoms with Gasteiger partial charge in [-0.15, -0.1) is 0 Å². The molecule has 0 saturated carbocycles. The summed E-state index contributed by atoms with van der Waals surface area (Å²) in [4.78, 5) is 13.7. The number of fused-ring (bicyclic) bond motifs is 1. The highest BCUT2D eigenvalue weighted by atomic mass is 28.3. The Morgan fingerprint density at radius 1 is 0.800 bits per heavy atom. The Kier molecular flexibility index (Phi) is 9.30. The Morgan fingerprint density at radius 3 is 1.80 bits per heavy atom. The second-order valence-corrected chi connectivity index (χ2v) is 16.7. The molecular weight excluding hydrogens is 595 g/mol. The van der Waals surface area contributed by atoms with Gasteiger partial charge in [0.2, 0.25) is 0 Å². The Balaban J connectivity index is 1.61. The Hall–Kier alpha value is -4.24. The lowest BCUT2D eigenvalue weighted by Crippen LogP contribution is -2.49. The predicted molar refractivity (Wildman–Crippen MR) is 171 cm³/mol. The topological polar surface area (TPSA) is 59.0 Å². The molecule has 0 aromatic heterocycles. The van der Waals surface area contributed by atoms with Gasteiger partial charge >= 0.3 is 17.9 Å². The molecule has 1 aliphatic heterocycles. The van der Waals surface area contributed by atoms with E-state index in [-0.39, 0.29) is 25.3 Å². The standard InChI is InChI=1S/C36H38F3NO4Si/c1-4-45(5-2,6-3)33-24-32-31(43-35(44-32,28-13-9-7-10-14-28)29-15-11-8-12-16-29)23-27(33)25-40(34(42)36(37,38)39)22-21-26-17-19-30(41)20-18-26/h7-20,23-24,41H,4-6,21-22,25H2,1-3H3. The van der Waals surface area contributed by atoms with E-state index < -0.39 is 25.9 Å². The predicted octanol–water partition coefficient (Wildman–Crippen LogP) is 7.91. The lowest BCUT2D eigenvalue weighted by Gasteiger charge is -2.33. The first-order chi connectivity index (χ1) is 21.5. The van der Waals surface area contributed by atoms with Crippen LogP contribution in [0.4, 0.5) is 13.2 Å². The van der Waals surface area contributed by atoms with Crippen LogP contribution < -0.4 is 14.7 Å². The van der Waals surface area contributed by atoms with Gasteiger partial charge in [0, 0.05) is 24.2 Å². The van der Waals surface area contributed by atoms with Crippen LogP contribution in [0.2, 0.25) is 18.1 Å². The van der Waals surface area contributed by atoms with E-state index in [9.17, 15) is 23.1 Å². The fraction of sp³-hybridized carbons (Fsp3) is 0.306. The summed E-state index contributed by atoms with van der Waals surface area (Å²) in [5.41, 5.74) is 2.93. The van der Waals surface area contributed by atoms with E-state index in [1.807, 2.05) is 66.7 Å². The van der Waals surface area contributed by atoms with Crippen LogP contribution in [0.1, 0.15) is 43.0 Å². The quantitative estimate of drug-likeness (QED) is 0.171. The molecule has 1 N–H and O–H groups in total.